The Morgan fingerprint density at radius 2 is 2.28 bits per heavy atom. The summed E-state index contributed by atoms with van der Waals surface area (Å²) >= 11 is 1.89. The lowest BCUT2D eigenvalue weighted by Gasteiger charge is -2.04. The van der Waals surface area contributed by atoms with E-state index in [1.54, 1.807) is 7.11 Å². The fourth-order valence-electron chi connectivity index (χ4n) is 2.64. The van der Waals surface area contributed by atoms with Gasteiger partial charge in [-0.2, -0.15) is 0 Å². The highest BCUT2D eigenvalue weighted by molar-refractivity contribution is 7.11. The molecule has 1 aromatic rings. The monoisotopic (exact) mass is 268 g/mol. The van der Waals surface area contributed by atoms with Gasteiger partial charge in [0, 0.05) is 24.4 Å². The third kappa shape index (κ3) is 3.31. The van der Waals surface area contributed by atoms with Gasteiger partial charge in [-0.1, -0.05) is 20.3 Å². The Labute approximate surface area is 114 Å². The highest BCUT2D eigenvalue weighted by atomic mass is 32.1. The molecule has 0 spiro atoms. The van der Waals surface area contributed by atoms with E-state index in [0.29, 0.717) is 12.5 Å². The quantitative estimate of drug-likeness (QED) is 0.859. The minimum atomic E-state index is 0.638. The topological polar surface area (TPSA) is 34.2 Å². The van der Waals surface area contributed by atoms with Crippen LogP contribution >= 0.6 is 11.3 Å². The molecule has 2 unspecified atom stereocenters. The van der Waals surface area contributed by atoms with Gasteiger partial charge in [-0.05, 0) is 25.3 Å². The second-order valence-electron chi connectivity index (χ2n) is 5.25. The van der Waals surface area contributed by atoms with Crippen molar-refractivity contribution >= 4 is 11.3 Å². The molecular weight excluding hydrogens is 244 g/mol. The summed E-state index contributed by atoms with van der Waals surface area (Å²) in [5.74, 6) is 1.55. The molecular formula is C14H24N2OS. The van der Waals surface area contributed by atoms with Crippen LogP contribution in [0, 0.1) is 5.92 Å². The van der Waals surface area contributed by atoms with E-state index in [1.165, 1.54) is 29.1 Å². The molecule has 0 radical (unpaired) electrons. The first-order valence-electron chi connectivity index (χ1n) is 6.92. The van der Waals surface area contributed by atoms with Crippen LogP contribution in [-0.4, -0.2) is 18.6 Å². The Morgan fingerprint density at radius 1 is 1.44 bits per heavy atom. The third-order valence-electron chi connectivity index (χ3n) is 3.66. The molecule has 0 aliphatic heterocycles. The van der Waals surface area contributed by atoms with Crippen molar-refractivity contribution in [3.05, 3.63) is 15.6 Å². The molecule has 2 atom stereocenters. The number of thiazole rings is 1. The minimum absolute atomic E-state index is 0.638. The van der Waals surface area contributed by atoms with Crippen molar-refractivity contribution in [2.24, 2.45) is 5.92 Å². The van der Waals surface area contributed by atoms with E-state index in [9.17, 15) is 0 Å². The summed E-state index contributed by atoms with van der Waals surface area (Å²) in [6, 6.07) is 0. The number of hydrogen-bond acceptors (Lipinski definition) is 4. The second-order valence-corrected chi connectivity index (χ2v) is 6.37. The maximum Gasteiger partial charge on any atom is 0.0963 e. The first kappa shape index (κ1) is 14.0. The average molecular weight is 268 g/mol. The molecule has 1 saturated carbocycles. The molecule has 0 amide bonds. The predicted octanol–water partition coefficient (Wildman–Crippen LogP) is 3.30. The van der Waals surface area contributed by atoms with Crippen LogP contribution in [0.1, 0.15) is 54.6 Å². The summed E-state index contributed by atoms with van der Waals surface area (Å²) in [4.78, 5) is 6.18. The maximum absolute atomic E-state index is 5.26. The molecule has 18 heavy (non-hydrogen) atoms. The molecule has 0 bridgehead atoms. The molecule has 4 heteroatoms. The molecule has 1 aromatic heterocycles. The van der Waals surface area contributed by atoms with Crippen LogP contribution in [-0.2, 0) is 17.9 Å². The van der Waals surface area contributed by atoms with Crippen molar-refractivity contribution in [2.75, 3.05) is 13.7 Å². The van der Waals surface area contributed by atoms with Crippen LogP contribution in [0.5, 0.6) is 0 Å². The van der Waals surface area contributed by atoms with Gasteiger partial charge < -0.3 is 10.1 Å². The predicted molar refractivity (Wildman–Crippen MR) is 76.0 cm³/mol. The van der Waals surface area contributed by atoms with Gasteiger partial charge in [0.25, 0.3) is 0 Å². The van der Waals surface area contributed by atoms with Gasteiger partial charge in [0.2, 0.25) is 0 Å². The molecule has 1 aliphatic carbocycles. The molecule has 1 N–H and O–H groups in total. The average Bonchev–Trinajstić information content (AvgIpc) is 2.94. The zero-order chi connectivity index (χ0) is 13.0. The summed E-state index contributed by atoms with van der Waals surface area (Å²) in [7, 11) is 1.74. The van der Waals surface area contributed by atoms with E-state index in [2.05, 4.69) is 19.2 Å². The maximum atomic E-state index is 5.26. The van der Waals surface area contributed by atoms with Crippen molar-refractivity contribution in [3.63, 3.8) is 0 Å². The standard InChI is InChI=1S/C14H24N2OS/c1-4-15-8-13-12(9-17-3)16-14(18-13)11-6-5-10(2)7-11/h10-11,15H,4-9H2,1-3H3. The van der Waals surface area contributed by atoms with E-state index in [0.717, 1.165) is 24.7 Å². The minimum Gasteiger partial charge on any atom is -0.378 e. The van der Waals surface area contributed by atoms with Gasteiger partial charge >= 0.3 is 0 Å². The van der Waals surface area contributed by atoms with Gasteiger partial charge in [-0.15, -0.1) is 11.3 Å². The number of aromatic nitrogens is 1. The summed E-state index contributed by atoms with van der Waals surface area (Å²) < 4.78 is 5.26. The van der Waals surface area contributed by atoms with Crippen molar-refractivity contribution < 1.29 is 4.74 Å². The van der Waals surface area contributed by atoms with Crippen LogP contribution in [0.25, 0.3) is 0 Å². The van der Waals surface area contributed by atoms with E-state index in [4.69, 9.17) is 9.72 Å². The van der Waals surface area contributed by atoms with E-state index in [-0.39, 0.29) is 0 Å². The fraction of sp³-hybridized carbons (Fsp3) is 0.786. The fourth-order valence-corrected chi connectivity index (χ4v) is 3.82. The summed E-state index contributed by atoms with van der Waals surface area (Å²) in [6.07, 6.45) is 3.97. The summed E-state index contributed by atoms with van der Waals surface area (Å²) in [5, 5.41) is 4.72. The van der Waals surface area contributed by atoms with Crippen molar-refractivity contribution in [3.8, 4) is 0 Å². The Hall–Kier alpha value is -0.450. The lowest BCUT2D eigenvalue weighted by Crippen LogP contribution is -2.12. The largest absolute Gasteiger partial charge is 0.378 e. The zero-order valence-electron chi connectivity index (χ0n) is 11.7. The van der Waals surface area contributed by atoms with Gasteiger partial charge in [-0.25, -0.2) is 4.98 Å². The van der Waals surface area contributed by atoms with Gasteiger partial charge in [0.05, 0.1) is 17.3 Å². The van der Waals surface area contributed by atoms with Crippen molar-refractivity contribution in [1.29, 1.82) is 0 Å². The van der Waals surface area contributed by atoms with Crippen LogP contribution < -0.4 is 5.32 Å². The number of nitrogens with zero attached hydrogens (tertiary/aromatic N) is 1. The molecule has 1 fully saturated rings. The molecule has 3 nitrogen and oxygen atoms in total. The Morgan fingerprint density at radius 3 is 2.89 bits per heavy atom. The lowest BCUT2D eigenvalue weighted by molar-refractivity contribution is 0.181. The van der Waals surface area contributed by atoms with Crippen LogP contribution in [0.2, 0.25) is 0 Å². The van der Waals surface area contributed by atoms with Crippen molar-refractivity contribution in [1.82, 2.24) is 10.3 Å². The van der Waals surface area contributed by atoms with E-state index < -0.39 is 0 Å². The Balaban J connectivity index is 2.10. The number of nitrogens with one attached hydrogen (secondary N) is 1. The number of ether oxygens (including phenoxy) is 1. The zero-order valence-corrected chi connectivity index (χ0v) is 12.5. The highest BCUT2D eigenvalue weighted by Gasteiger charge is 2.26. The lowest BCUT2D eigenvalue weighted by atomic mass is 10.1. The van der Waals surface area contributed by atoms with Crippen LogP contribution in [0.4, 0.5) is 0 Å². The first-order chi connectivity index (χ1) is 8.74. The first-order valence-corrected chi connectivity index (χ1v) is 7.74. The SMILES string of the molecule is CCNCc1sc(C2CCC(C)C2)nc1COC. The van der Waals surface area contributed by atoms with Gasteiger partial charge in [-0.3, -0.25) is 0 Å². The van der Waals surface area contributed by atoms with Crippen molar-refractivity contribution in [2.45, 2.75) is 52.2 Å². The van der Waals surface area contributed by atoms with E-state index in [1.807, 2.05) is 11.3 Å². The summed E-state index contributed by atoms with van der Waals surface area (Å²) in [6.45, 7) is 7.05. The molecule has 2 rings (SSSR count). The third-order valence-corrected chi connectivity index (χ3v) is 4.92. The number of methoxy groups -OCH3 is 1. The van der Waals surface area contributed by atoms with Crippen LogP contribution in [0.15, 0.2) is 0 Å². The molecule has 0 aromatic carbocycles. The highest BCUT2D eigenvalue weighted by Crippen LogP contribution is 2.40. The number of rotatable bonds is 6. The normalized spacial score (nSPS) is 23.7. The molecule has 1 heterocycles. The second kappa shape index (κ2) is 6.64. The molecule has 1 aliphatic rings. The van der Waals surface area contributed by atoms with Gasteiger partial charge in [0.15, 0.2) is 0 Å². The van der Waals surface area contributed by atoms with Gasteiger partial charge in [0.1, 0.15) is 0 Å². The smallest absolute Gasteiger partial charge is 0.0963 e. The Kier molecular flexibility index (Phi) is 5.15. The van der Waals surface area contributed by atoms with E-state index >= 15 is 0 Å². The molecule has 0 saturated heterocycles. The molecule has 102 valence electrons. The number of hydrogen-bond donors (Lipinski definition) is 1. The Bertz CT molecular complexity index is 378. The van der Waals surface area contributed by atoms with Crippen LogP contribution in [0.3, 0.4) is 0 Å². The summed E-state index contributed by atoms with van der Waals surface area (Å²) in [5.41, 5.74) is 1.14.